The van der Waals surface area contributed by atoms with Crippen molar-refractivity contribution >= 4 is 40.7 Å². The van der Waals surface area contributed by atoms with Crippen LogP contribution in [0.1, 0.15) is 19.3 Å². The second-order valence-corrected chi connectivity index (χ2v) is 6.72. The number of alkyl halides is 1. The lowest BCUT2D eigenvalue weighted by Gasteiger charge is -2.12. The van der Waals surface area contributed by atoms with Crippen LogP contribution in [0.25, 0.3) is 0 Å². The van der Waals surface area contributed by atoms with Crippen LogP contribution in [0.4, 0.5) is 0 Å². The molecule has 0 amide bonds. The molecule has 1 fully saturated rings. The second-order valence-electron chi connectivity index (χ2n) is 2.27. The maximum atomic E-state index is 5.92. The summed E-state index contributed by atoms with van der Waals surface area (Å²) in [4.78, 5) is 0. The fourth-order valence-electron chi connectivity index (χ4n) is 1.12. The summed E-state index contributed by atoms with van der Waals surface area (Å²) >= 11 is 17.4. The van der Waals surface area contributed by atoms with Crippen molar-refractivity contribution in [2.75, 3.05) is 0 Å². The molecule has 0 nitrogen and oxygen atoms in total. The highest BCUT2D eigenvalue weighted by Crippen LogP contribution is 2.57. The van der Waals surface area contributed by atoms with Gasteiger partial charge in [-0.3, -0.25) is 0 Å². The van der Waals surface area contributed by atoms with Gasteiger partial charge < -0.3 is 0 Å². The molecule has 2 unspecified atom stereocenters. The van der Waals surface area contributed by atoms with Crippen molar-refractivity contribution in [1.82, 2.24) is 0 Å². The van der Waals surface area contributed by atoms with Gasteiger partial charge in [0, 0.05) is 11.0 Å². The molecule has 0 heterocycles. The SMILES string of the molecule is ClC1CCCC1P(Cl)Cl. The first-order valence-corrected chi connectivity index (χ1v) is 6.62. The van der Waals surface area contributed by atoms with Crippen LogP contribution in [-0.4, -0.2) is 11.0 Å². The minimum atomic E-state index is -0.828. The second kappa shape index (κ2) is 3.62. The lowest BCUT2D eigenvalue weighted by molar-refractivity contribution is 0.888. The summed E-state index contributed by atoms with van der Waals surface area (Å²) in [6, 6.07) is 0. The molecule has 0 aromatic carbocycles. The lowest BCUT2D eigenvalue weighted by atomic mass is 10.4. The van der Waals surface area contributed by atoms with Crippen molar-refractivity contribution in [2.45, 2.75) is 30.3 Å². The Kier molecular flexibility index (Phi) is 3.38. The van der Waals surface area contributed by atoms with Gasteiger partial charge in [0.05, 0.1) is 6.63 Å². The first-order chi connectivity index (χ1) is 4.22. The summed E-state index contributed by atoms with van der Waals surface area (Å²) < 4.78 is 0. The normalized spacial score (nSPS) is 36.0. The largest absolute Gasteiger partial charge is 0.122 e. The van der Waals surface area contributed by atoms with E-state index in [9.17, 15) is 0 Å². The maximum Gasteiger partial charge on any atom is 0.0900 e. The van der Waals surface area contributed by atoms with Crippen LogP contribution in [0.2, 0.25) is 0 Å². The molecule has 1 aliphatic rings. The molecule has 0 aromatic rings. The molecular formula is C5H8Cl3P. The zero-order valence-corrected chi connectivity index (χ0v) is 8.02. The fourth-order valence-corrected chi connectivity index (χ4v) is 4.25. The minimum Gasteiger partial charge on any atom is -0.122 e. The van der Waals surface area contributed by atoms with Crippen LogP contribution < -0.4 is 0 Å². The number of hydrogen-bond acceptors (Lipinski definition) is 0. The highest BCUT2D eigenvalue weighted by Gasteiger charge is 2.30. The Morgan fingerprint density at radius 3 is 2.11 bits per heavy atom. The Balaban J connectivity index is 2.40. The molecule has 0 bridgehead atoms. The average molecular weight is 205 g/mol. The maximum absolute atomic E-state index is 5.92. The van der Waals surface area contributed by atoms with Crippen LogP contribution in [0.3, 0.4) is 0 Å². The molecular weight excluding hydrogens is 197 g/mol. The topological polar surface area (TPSA) is 0 Å². The van der Waals surface area contributed by atoms with Gasteiger partial charge in [0.2, 0.25) is 0 Å². The van der Waals surface area contributed by atoms with Gasteiger partial charge in [0.25, 0.3) is 0 Å². The van der Waals surface area contributed by atoms with Gasteiger partial charge in [-0.15, -0.1) is 11.6 Å². The minimum absolute atomic E-state index is 0.242. The summed E-state index contributed by atoms with van der Waals surface area (Å²) in [5.41, 5.74) is 0.394. The predicted molar refractivity (Wildman–Crippen MR) is 45.9 cm³/mol. The summed E-state index contributed by atoms with van der Waals surface area (Å²) in [5.74, 6) is 0. The van der Waals surface area contributed by atoms with Crippen molar-refractivity contribution in [1.29, 1.82) is 0 Å². The van der Waals surface area contributed by atoms with E-state index in [2.05, 4.69) is 0 Å². The Hall–Kier alpha value is 1.30. The molecule has 0 N–H and O–H groups in total. The Bertz CT molecular complexity index is 96.2. The molecule has 1 saturated carbocycles. The molecule has 0 aromatic heterocycles. The van der Waals surface area contributed by atoms with Gasteiger partial charge >= 0.3 is 0 Å². The van der Waals surface area contributed by atoms with Gasteiger partial charge in [-0.1, -0.05) is 28.9 Å². The number of hydrogen-bond donors (Lipinski definition) is 0. The van der Waals surface area contributed by atoms with Crippen molar-refractivity contribution in [3.63, 3.8) is 0 Å². The smallest absolute Gasteiger partial charge is 0.0900 e. The highest BCUT2D eigenvalue weighted by molar-refractivity contribution is 8.04. The zero-order chi connectivity index (χ0) is 6.85. The summed E-state index contributed by atoms with van der Waals surface area (Å²) in [7, 11) is 0. The number of halogens is 3. The quantitative estimate of drug-likeness (QED) is 0.449. The van der Waals surface area contributed by atoms with Crippen LogP contribution in [0, 0.1) is 0 Å². The van der Waals surface area contributed by atoms with Gasteiger partial charge in [0.1, 0.15) is 0 Å². The third-order valence-corrected chi connectivity index (χ3v) is 4.97. The van der Waals surface area contributed by atoms with E-state index in [0.717, 1.165) is 12.8 Å². The number of rotatable bonds is 1. The Morgan fingerprint density at radius 2 is 1.89 bits per heavy atom. The van der Waals surface area contributed by atoms with Gasteiger partial charge in [-0.05, 0) is 12.8 Å². The van der Waals surface area contributed by atoms with Crippen molar-refractivity contribution < 1.29 is 0 Å². The molecule has 0 aliphatic heterocycles. The first-order valence-electron chi connectivity index (χ1n) is 2.96. The molecule has 0 saturated heterocycles. The van der Waals surface area contributed by atoms with E-state index in [1.807, 2.05) is 0 Å². The average Bonchev–Trinajstić information content (AvgIpc) is 2.13. The predicted octanol–water partition coefficient (Wildman–Crippen LogP) is 3.94. The summed E-state index contributed by atoms with van der Waals surface area (Å²) in [5, 5.41) is 0.242. The van der Waals surface area contributed by atoms with Gasteiger partial charge in [-0.25, -0.2) is 0 Å². The van der Waals surface area contributed by atoms with E-state index in [-0.39, 0.29) is 5.38 Å². The molecule has 1 aliphatic carbocycles. The Morgan fingerprint density at radius 1 is 1.22 bits per heavy atom. The summed E-state index contributed by atoms with van der Waals surface area (Å²) in [6.07, 6.45) is 3.40. The van der Waals surface area contributed by atoms with Crippen LogP contribution in [0.15, 0.2) is 0 Å². The van der Waals surface area contributed by atoms with Crippen LogP contribution in [-0.2, 0) is 0 Å². The first kappa shape index (κ1) is 8.40. The van der Waals surface area contributed by atoms with Crippen molar-refractivity contribution in [3.05, 3.63) is 0 Å². The van der Waals surface area contributed by atoms with Crippen LogP contribution in [0.5, 0.6) is 0 Å². The molecule has 0 radical (unpaired) electrons. The summed E-state index contributed by atoms with van der Waals surface area (Å²) in [6.45, 7) is -0.828. The molecule has 0 spiro atoms. The fraction of sp³-hybridized carbons (Fsp3) is 1.00. The molecule has 4 heteroatoms. The highest BCUT2D eigenvalue weighted by atomic mass is 35.9. The van der Waals surface area contributed by atoms with Gasteiger partial charge in [0.15, 0.2) is 0 Å². The molecule has 2 atom stereocenters. The molecule has 1 rings (SSSR count). The third-order valence-electron chi connectivity index (χ3n) is 1.65. The lowest BCUT2D eigenvalue weighted by Crippen LogP contribution is -2.07. The van der Waals surface area contributed by atoms with Crippen molar-refractivity contribution in [3.8, 4) is 0 Å². The van der Waals surface area contributed by atoms with E-state index in [1.54, 1.807) is 0 Å². The Labute approximate surface area is 71.2 Å². The van der Waals surface area contributed by atoms with Crippen molar-refractivity contribution in [2.24, 2.45) is 0 Å². The standard InChI is InChI=1S/C5H8Cl3P/c6-4-2-1-3-5(4)9(7)8/h4-5H,1-3H2. The monoisotopic (exact) mass is 204 g/mol. The molecule has 54 valence electrons. The third kappa shape index (κ3) is 2.12. The molecule has 9 heavy (non-hydrogen) atoms. The van der Waals surface area contributed by atoms with E-state index >= 15 is 0 Å². The van der Waals surface area contributed by atoms with E-state index in [1.165, 1.54) is 6.42 Å². The van der Waals surface area contributed by atoms with E-state index in [0.29, 0.717) is 5.66 Å². The zero-order valence-electron chi connectivity index (χ0n) is 4.86. The van der Waals surface area contributed by atoms with E-state index < -0.39 is 6.63 Å². The van der Waals surface area contributed by atoms with Crippen LogP contribution >= 0.6 is 40.7 Å². The van der Waals surface area contributed by atoms with E-state index in [4.69, 9.17) is 34.1 Å². The van der Waals surface area contributed by atoms with Gasteiger partial charge in [-0.2, -0.15) is 0 Å².